The van der Waals surface area contributed by atoms with Crippen molar-refractivity contribution in [3.63, 3.8) is 0 Å². The molecule has 0 aliphatic carbocycles. The molecule has 0 amide bonds. The molecule has 0 unspecified atom stereocenters. The maximum absolute atomic E-state index is 12.9. The van der Waals surface area contributed by atoms with Crippen molar-refractivity contribution >= 4 is 16.0 Å². The molecule has 0 bridgehead atoms. The number of aryl methyl sites for hydroxylation is 2. The number of aromatic nitrogens is 2. The zero-order valence-electron chi connectivity index (χ0n) is 16.0. The van der Waals surface area contributed by atoms with Crippen LogP contribution in [0.5, 0.6) is 0 Å². The van der Waals surface area contributed by atoms with Gasteiger partial charge in [-0.05, 0) is 39.5 Å². The van der Waals surface area contributed by atoms with Gasteiger partial charge in [0.2, 0.25) is 10.0 Å². The lowest BCUT2D eigenvalue weighted by atomic mass is 9.82. The van der Waals surface area contributed by atoms with Gasteiger partial charge in [-0.2, -0.15) is 9.40 Å². The van der Waals surface area contributed by atoms with Crippen LogP contribution in [0.2, 0.25) is 0 Å². The summed E-state index contributed by atoms with van der Waals surface area (Å²) in [6.07, 6.45) is 2.47. The van der Waals surface area contributed by atoms with Gasteiger partial charge in [-0.3, -0.25) is 9.89 Å². The summed E-state index contributed by atoms with van der Waals surface area (Å²) in [6.45, 7) is 8.43. The van der Waals surface area contributed by atoms with Crippen molar-refractivity contribution in [1.82, 2.24) is 19.8 Å². The molecule has 0 aromatic carbocycles. The van der Waals surface area contributed by atoms with Gasteiger partial charge in [0.15, 0.2) is 0 Å². The summed E-state index contributed by atoms with van der Waals surface area (Å²) in [5.74, 6) is -0.777. The number of nitrogens with zero attached hydrogens (tertiary/aromatic N) is 2. The average Bonchev–Trinajstić information content (AvgIpc) is 2.95. The van der Waals surface area contributed by atoms with Gasteiger partial charge >= 0.3 is 5.97 Å². The molecule has 1 aliphatic heterocycles. The number of rotatable bonds is 8. The number of piperidine rings is 1. The first-order valence-electron chi connectivity index (χ1n) is 9.16. The first-order valence-corrected chi connectivity index (χ1v) is 10.6. The molecule has 2 heterocycles. The van der Waals surface area contributed by atoms with E-state index in [1.807, 2.05) is 13.8 Å². The second-order valence-corrected chi connectivity index (χ2v) is 8.99. The fourth-order valence-electron chi connectivity index (χ4n) is 3.57. The highest BCUT2D eigenvalue weighted by Crippen LogP contribution is 2.28. The van der Waals surface area contributed by atoms with Crippen molar-refractivity contribution in [2.24, 2.45) is 5.41 Å². The number of hydrogen-bond acceptors (Lipinski definition) is 5. The predicted octanol–water partition coefficient (Wildman–Crippen LogP) is 1.66. The van der Waals surface area contributed by atoms with Gasteiger partial charge in [-0.25, -0.2) is 8.42 Å². The third-order valence-electron chi connectivity index (χ3n) is 5.65. The van der Waals surface area contributed by atoms with E-state index < -0.39 is 21.4 Å². The Morgan fingerprint density at radius 2 is 1.88 bits per heavy atom. The molecule has 8 nitrogen and oxygen atoms in total. The van der Waals surface area contributed by atoms with E-state index in [-0.39, 0.29) is 10.9 Å². The average molecular weight is 387 g/mol. The molecule has 1 aliphatic rings. The van der Waals surface area contributed by atoms with Crippen LogP contribution in [0.1, 0.15) is 50.9 Å². The summed E-state index contributed by atoms with van der Waals surface area (Å²) >= 11 is 0. The molecule has 0 spiro atoms. The minimum absolute atomic E-state index is 0.129. The number of nitrogens with one attached hydrogen (secondary N) is 2. The largest absolute Gasteiger partial charge is 0.481 e. The number of carboxylic acid groups (broad SMARTS) is 1. The molecule has 2 rings (SSSR count). The molecule has 1 saturated heterocycles. The van der Waals surface area contributed by atoms with Gasteiger partial charge in [0.1, 0.15) is 4.90 Å². The number of H-pyrrole nitrogens is 1. The lowest BCUT2D eigenvalue weighted by Crippen LogP contribution is -2.49. The third-order valence-corrected chi connectivity index (χ3v) is 7.81. The van der Waals surface area contributed by atoms with Crippen LogP contribution in [0, 0.1) is 19.3 Å². The van der Waals surface area contributed by atoms with Crippen molar-refractivity contribution in [3.8, 4) is 0 Å². The van der Waals surface area contributed by atoms with Gasteiger partial charge in [0.05, 0.1) is 16.8 Å². The Morgan fingerprint density at radius 3 is 2.31 bits per heavy atom. The summed E-state index contributed by atoms with van der Waals surface area (Å²) in [6, 6.07) is 0.129. The molecular formula is C17H30N4O4S. The topological polar surface area (TPSA) is 115 Å². The Balaban J connectivity index is 1.98. The van der Waals surface area contributed by atoms with E-state index in [2.05, 4.69) is 15.5 Å². The Bertz CT molecular complexity index is 712. The van der Waals surface area contributed by atoms with Gasteiger partial charge in [0, 0.05) is 25.7 Å². The molecular weight excluding hydrogens is 356 g/mol. The van der Waals surface area contributed by atoms with E-state index in [0.717, 1.165) is 0 Å². The van der Waals surface area contributed by atoms with E-state index in [9.17, 15) is 18.3 Å². The molecule has 0 saturated carbocycles. The molecule has 9 heteroatoms. The van der Waals surface area contributed by atoms with Crippen molar-refractivity contribution in [1.29, 1.82) is 0 Å². The van der Waals surface area contributed by atoms with Gasteiger partial charge in [-0.15, -0.1) is 0 Å². The van der Waals surface area contributed by atoms with Gasteiger partial charge < -0.3 is 10.4 Å². The summed E-state index contributed by atoms with van der Waals surface area (Å²) in [7, 11) is -3.55. The van der Waals surface area contributed by atoms with E-state index in [0.29, 0.717) is 56.7 Å². The Hall–Kier alpha value is -1.45. The van der Waals surface area contributed by atoms with E-state index in [4.69, 9.17) is 0 Å². The smallest absolute Gasteiger partial charge is 0.310 e. The van der Waals surface area contributed by atoms with Crippen molar-refractivity contribution in [2.75, 3.05) is 19.6 Å². The van der Waals surface area contributed by atoms with Crippen LogP contribution < -0.4 is 5.32 Å². The van der Waals surface area contributed by atoms with Gasteiger partial charge in [0.25, 0.3) is 0 Å². The molecule has 0 radical (unpaired) electrons. The molecule has 1 aromatic heterocycles. The van der Waals surface area contributed by atoms with Crippen LogP contribution in [0.25, 0.3) is 0 Å². The first-order chi connectivity index (χ1) is 12.2. The highest BCUT2D eigenvalue weighted by atomic mass is 32.2. The molecule has 3 N–H and O–H groups in total. The van der Waals surface area contributed by atoms with Crippen LogP contribution in [-0.2, 0) is 14.8 Å². The SMILES string of the molecule is CCC(CC)(CNC1CCN(S(=O)(=O)c2c(C)n[nH]c2C)CC1)C(=O)O. The monoisotopic (exact) mass is 386 g/mol. The zero-order valence-corrected chi connectivity index (χ0v) is 16.8. The zero-order chi connectivity index (χ0) is 19.5. The third kappa shape index (κ3) is 3.94. The van der Waals surface area contributed by atoms with Crippen molar-refractivity contribution < 1.29 is 18.3 Å². The fourth-order valence-corrected chi connectivity index (χ4v) is 5.37. The maximum Gasteiger partial charge on any atom is 0.310 e. The molecule has 0 atom stereocenters. The Kier molecular flexibility index (Phi) is 6.46. The molecule has 148 valence electrons. The molecule has 1 aromatic rings. The van der Waals surface area contributed by atoms with Crippen molar-refractivity contribution in [3.05, 3.63) is 11.4 Å². The number of carbonyl (C=O) groups is 1. The highest BCUT2D eigenvalue weighted by Gasteiger charge is 2.37. The molecule has 26 heavy (non-hydrogen) atoms. The molecule has 1 fully saturated rings. The standard InChI is InChI=1S/C17H30N4O4S/c1-5-17(6-2,16(22)23)11-18-14-7-9-21(10-8-14)26(24,25)15-12(3)19-20-13(15)4/h14,18H,5-11H2,1-4H3,(H,19,20)(H,22,23). The lowest BCUT2D eigenvalue weighted by molar-refractivity contribution is -0.149. The maximum atomic E-state index is 12.9. The lowest BCUT2D eigenvalue weighted by Gasteiger charge is -2.34. The number of aliphatic carboxylic acids is 1. The van der Waals surface area contributed by atoms with Crippen LogP contribution in [0.4, 0.5) is 0 Å². The minimum Gasteiger partial charge on any atom is -0.481 e. The van der Waals surface area contributed by atoms with Crippen LogP contribution >= 0.6 is 0 Å². The number of sulfonamides is 1. The summed E-state index contributed by atoms with van der Waals surface area (Å²) in [5, 5.41) is 19.6. The van der Waals surface area contributed by atoms with E-state index >= 15 is 0 Å². The summed E-state index contributed by atoms with van der Waals surface area (Å²) in [4.78, 5) is 11.9. The normalized spacial score (nSPS) is 17.5. The Labute approximate surface area is 155 Å². The second-order valence-electron chi connectivity index (χ2n) is 7.11. The van der Waals surface area contributed by atoms with E-state index in [1.54, 1.807) is 13.8 Å². The number of carboxylic acids is 1. The second kappa shape index (κ2) is 8.06. The predicted molar refractivity (Wildman–Crippen MR) is 98.5 cm³/mol. The highest BCUT2D eigenvalue weighted by molar-refractivity contribution is 7.89. The van der Waals surface area contributed by atoms with E-state index in [1.165, 1.54) is 4.31 Å². The van der Waals surface area contributed by atoms with Crippen LogP contribution in [0.15, 0.2) is 4.90 Å². The van der Waals surface area contributed by atoms with Crippen LogP contribution in [-0.4, -0.2) is 59.7 Å². The number of hydrogen-bond donors (Lipinski definition) is 3. The number of aromatic amines is 1. The first kappa shape index (κ1) is 20.9. The minimum atomic E-state index is -3.55. The fraction of sp³-hybridized carbons (Fsp3) is 0.765. The van der Waals surface area contributed by atoms with Crippen molar-refractivity contribution in [2.45, 2.75) is 64.3 Å². The summed E-state index contributed by atoms with van der Waals surface area (Å²) in [5.41, 5.74) is 0.286. The van der Waals surface area contributed by atoms with Gasteiger partial charge in [-0.1, -0.05) is 13.8 Å². The summed E-state index contributed by atoms with van der Waals surface area (Å²) < 4.78 is 27.2. The Morgan fingerprint density at radius 1 is 1.31 bits per heavy atom. The quantitative estimate of drug-likeness (QED) is 0.626. The van der Waals surface area contributed by atoms with Crippen LogP contribution in [0.3, 0.4) is 0 Å².